The van der Waals surface area contributed by atoms with Gasteiger partial charge in [-0.2, -0.15) is 0 Å². The van der Waals surface area contributed by atoms with Crippen molar-refractivity contribution in [1.29, 1.82) is 0 Å². The third-order valence-corrected chi connectivity index (χ3v) is 3.91. The van der Waals surface area contributed by atoms with Crippen LogP contribution in [0.2, 0.25) is 0 Å². The van der Waals surface area contributed by atoms with Gasteiger partial charge in [-0.3, -0.25) is 0 Å². The van der Waals surface area contributed by atoms with E-state index in [2.05, 4.69) is 64.2 Å². The highest BCUT2D eigenvalue weighted by Gasteiger charge is 2.37. The van der Waals surface area contributed by atoms with E-state index in [0.29, 0.717) is 12.0 Å². The van der Waals surface area contributed by atoms with Crippen LogP contribution in [0.5, 0.6) is 0 Å². The summed E-state index contributed by atoms with van der Waals surface area (Å²) in [7, 11) is 0. The van der Waals surface area contributed by atoms with Crippen molar-refractivity contribution >= 4 is 0 Å². The van der Waals surface area contributed by atoms with Crippen LogP contribution in [0.3, 0.4) is 0 Å². The Bertz CT molecular complexity index is 412. The summed E-state index contributed by atoms with van der Waals surface area (Å²) in [5.41, 5.74) is 2.52. The van der Waals surface area contributed by atoms with Gasteiger partial charge in [-0.25, -0.2) is 0 Å². The van der Waals surface area contributed by atoms with Crippen molar-refractivity contribution in [2.45, 2.75) is 58.8 Å². The number of hydrogen-bond donors (Lipinski definition) is 1. The molecule has 2 heteroatoms. The second-order valence-electron chi connectivity index (χ2n) is 6.67. The lowest BCUT2D eigenvalue weighted by Gasteiger charge is -2.44. The Morgan fingerprint density at radius 3 is 2.53 bits per heavy atom. The van der Waals surface area contributed by atoms with Crippen LogP contribution in [-0.2, 0) is 4.74 Å². The molecule has 3 unspecified atom stereocenters. The molecule has 1 N–H and O–H groups in total. The van der Waals surface area contributed by atoms with Crippen molar-refractivity contribution < 1.29 is 4.74 Å². The Morgan fingerprint density at radius 2 is 1.95 bits per heavy atom. The molecule has 106 valence electrons. The van der Waals surface area contributed by atoms with Crippen LogP contribution < -0.4 is 5.32 Å². The number of ether oxygens (including phenoxy) is 1. The number of benzene rings is 1. The van der Waals surface area contributed by atoms with Crippen LogP contribution in [0.1, 0.15) is 51.3 Å². The molecule has 0 aliphatic carbocycles. The molecular weight excluding hydrogens is 234 g/mol. The van der Waals surface area contributed by atoms with E-state index in [4.69, 9.17) is 4.74 Å². The quantitative estimate of drug-likeness (QED) is 0.892. The van der Waals surface area contributed by atoms with Crippen LogP contribution >= 0.6 is 0 Å². The van der Waals surface area contributed by atoms with Crippen LogP contribution in [0.15, 0.2) is 24.3 Å². The van der Waals surface area contributed by atoms with Crippen molar-refractivity contribution in [3.05, 3.63) is 35.4 Å². The zero-order valence-electron chi connectivity index (χ0n) is 12.9. The summed E-state index contributed by atoms with van der Waals surface area (Å²) in [6.07, 6.45) is 1.24. The van der Waals surface area contributed by atoms with Crippen molar-refractivity contribution in [2.24, 2.45) is 5.92 Å². The van der Waals surface area contributed by atoms with E-state index in [1.165, 1.54) is 11.1 Å². The maximum absolute atomic E-state index is 6.46. The van der Waals surface area contributed by atoms with E-state index >= 15 is 0 Å². The molecule has 1 aromatic rings. The van der Waals surface area contributed by atoms with Gasteiger partial charge >= 0.3 is 0 Å². The van der Waals surface area contributed by atoms with Gasteiger partial charge in [0.05, 0.1) is 11.7 Å². The van der Waals surface area contributed by atoms with Crippen molar-refractivity contribution in [1.82, 2.24) is 5.32 Å². The highest BCUT2D eigenvalue weighted by molar-refractivity contribution is 5.25. The molecule has 2 rings (SSSR count). The summed E-state index contributed by atoms with van der Waals surface area (Å²) in [4.78, 5) is 0. The first-order valence-electron chi connectivity index (χ1n) is 7.37. The zero-order valence-corrected chi connectivity index (χ0v) is 12.9. The Kier molecular flexibility index (Phi) is 4.32. The molecule has 1 saturated heterocycles. The van der Waals surface area contributed by atoms with E-state index in [0.717, 1.165) is 13.0 Å². The third kappa shape index (κ3) is 3.58. The molecule has 1 fully saturated rings. The van der Waals surface area contributed by atoms with E-state index < -0.39 is 0 Å². The van der Waals surface area contributed by atoms with Crippen LogP contribution in [-0.4, -0.2) is 18.2 Å². The zero-order chi connectivity index (χ0) is 14.0. The van der Waals surface area contributed by atoms with Gasteiger partial charge in [0.1, 0.15) is 0 Å². The normalized spacial score (nSPS) is 31.7. The van der Waals surface area contributed by atoms with Gasteiger partial charge in [-0.1, -0.05) is 43.7 Å². The fourth-order valence-corrected chi connectivity index (χ4v) is 3.03. The number of morpholine rings is 1. The Morgan fingerprint density at radius 1 is 1.32 bits per heavy atom. The highest BCUT2D eigenvalue weighted by Crippen LogP contribution is 2.34. The molecule has 0 aromatic heterocycles. The summed E-state index contributed by atoms with van der Waals surface area (Å²) >= 11 is 0. The third-order valence-electron chi connectivity index (χ3n) is 3.91. The topological polar surface area (TPSA) is 21.3 Å². The summed E-state index contributed by atoms with van der Waals surface area (Å²) in [6.45, 7) is 12.0. The van der Waals surface area contributed by atoms with E-state index in [1.807, 2.05) is 0 Å². The predicted molar refractivity (Wildman–Crippen MR) is 80.3 cm³/mol. The van der Waals surface area contributed by atoms with Gasteiger partial charge in [0.15, 0.2) is 0 Å². The van der Waals surface area contributed by atoms with Crippen molar-refractivity contribution in [3.8, 4) is 0 Å². The lowest BCUT2D eigenvalue weighted by molar-refractivity contribution is -0.133. The van der Waals surface area contributed by atoms with Gasteiger partial charge in [-0.15, -0.1) is 0 Å². The molecule has 2 nitrogen and oxygen atoms in total. The molecule has 0 radical (unpaired) electrons. The fourth-order valence-electron chi connectivity index (χ4n) is 3.03. The Labute approximate surface area is 117 Å². The van der Waals surface area contributed by atoms with Crippen LogP contribution in [0.25, 0.3) is 0 Å². The smallest absolute Gasteiger partial charge is 0.0983 e. The van der Waals surface area contributed by atoms with Crippen molar-refractivity contribution in [3.63, 3.8) is 0 Å². The molecule has 0 amide bonds. The lowest BCUT2D eigenvalue weighted by Crippen LogP contribution is -2.53. The second kappa shape index (κ2) is 5.64. The maximum Gasteiger partial charge on any atom is 0.0983 e. The molecule has 1 aliphatic heterocycles. The average molecular weight is 261 g/mol. The van der Waals surface area contributed by atoms with E-state index in [1.54, 1.807) is 0 Å². The minimum Gasteiger partial charge on any atom is -0.364 e. The van der Waals surface area contributed by atoms with E-state index in [-0.39, 0.29) is 11.7 Å². The standard InChI is InChI=1S/C17H27NO/c1-12(2)10-17(5)11-18-14(4)16(19-17)15-8-6-13(3)7-9-15/h6-9,12,14,16,18H,10-11H2,1-5H3. The monoisotopic (exact) mass is 261 g/mol. The van der Waals surface area contributed by atoms with Gasteiger partial charge in [0.2, 0.25) is 0 Å². The van der Waals surface area contributed by atoms with E-state index in [9.17, 15) is 0 Å². The molecule has 3 atom stereocenters. The fraction of sp³-hybridized carbons (Fsp3) is 0.647. The Balaban J connectivity index is 2.16. The maximum atomic E-state index is 6.46. The van der Waals surface area contributed by atoms with Gasteiger partial charge in [0.25, 0.3) is 0 Å². The molecular formula is C17H27NO. The lowest BCUT2D eigenvalue weighted by atomic mass is 9.89. The number of nitrogens with one attached hydrogen (secondary N) is 1. The highest BCUT2D eigenvalue weighted by atomic mass is 16.5. The Hall–Kier alpha value is -0.860. The minimum absolute atomic E-state index is 0.0593. The number of hydrogen-bond acceptors (Lipinski definition) is 2. The van der Waals surface area contributed by atoms with Gasteiger partial charge < -0.3 is 10.1 Å². The first kappa shape index (κ1) is 14.5. The molecule has 1 aromatic carbocycles. The largest absolute Gasteiger partial charge is 0.364 e. The van der Waals surface area contributed by atoms with Crippen LogP contribution in [0.4, 0.5) is 0 Å². The molecule has 1 heterocycles. The SMILES string of the molecule is Cc1ccc(C2OC(C)(CC(C)C)CNC2C)cc1. The summed E-state index contributed by atoms with van der Waals surface area (Å²) in [5, 5.41) is 3.62. The second-order valence-corrected chi connectivity index (χ2v) is 6.67. The predicted octanol–water partition coefficient (Wildman–Crippen LogP) is 3.85. The average Bonchev–Trinajstić information content (AvgIpc) is 2.33. The molecule has 19 heavy (non-hydrogen) atoms. The minimum atomic E-state index is -0.0593. The summed E-state index contributed by atoms with van der Waals surface area (Å²) in [6, 6.07) is 9.08. The molecule has 0 saturated carbocycles. The molecule has 1 aliphatic rings. The molecule has 0 bridgehead atoms. The number of rotatable bonds is 3. The summed E-state index contributed by atoms with van der Waals surface area (Å²) < 4.78 is 6.46. The number of aryl methyl sites for hydroxylation is 1. The van der Waals surface area contributed by atoms with Crippen molar-refractivity contribution in [2.75, 3.05) is 6.54 Å². The first-order valence-corrected chi connectivity index (χ1v) is 7.37. The molecule has 0 spiro atoms. The summed E-state index contributed by atoms with van der Waals surface area (Å²) in [5.74, 6) is 0.652. The van der Waals surface area contributed by atoms with Gasteiger partial charge in [0, 0.05) is 12.6 Å². The first-order chi connectivity index (χ1) is 8.89. The van der Waals surface area contributed by atoms with Gasteiger partial charge in [-0.05, 0) is 38.7 Å². The van der Waals surface area contributed by atoms with Crippen LogP contribution in [0, 0.1) is 12.8 Å².